The Hall–Kier alpha value is -1.26. The molecule has 1 fully saturated rings. The highest BCUT2D eigenvalue weighted by molar-refractivity contribution is 5.80. The van der Waals surface area contributed by atoms with E-state index in [4.69, 9.17) is 5.11 Å². The number of carboxylic acid groups (broad SMARTS) is 1. The van der Waals surface area contributed by atoms with Crippen molar-refractivity contribution < 1.29 is 14.7 Å². The van der Waals surface area contributed by atoms with Crippen molar-refractivity contribution in [3.05, 3.63) is 0 Å². The highest BCUT2D eigenvalue weighted by Crippen LogP contribution is 2.17. The zero-order chi connectivity index (χ0) is 14.3. The lowest BCUT2D eigenvalue weighted by Gasteiger charge is -2.29. The van der Waals surface area contributed by atoms with Gasteiger partial charge in [-0.05, 0) is 26.2 Å². The molecule has 1 aliphatic rings. The molecule has 110 valence electrons. The smallest absolute Gasteiger partial charge is 0.323 e. The van der Waals surface area contributed by atoms with Crippen LogP contribution in [0.5, 0.6) is 0 Å². The fraction of sp³-hybridized carbons (Fsp3) is 0.857. The van der Waals surface area contributed by atoms with Crippen LogP contribution in [0.15, 0.2) is 0 Å². The van der Waals surface area contributed by atoms with Gasteiger partial charge in [0.2, 0.25) is 0 Å². The molecule has 0 saturated heterocycles. The van der Waals surface area contributed by atoms with Gasteiger partial charge in [0.1, 0.15) is 6.54 Å². The number of hydrogen-bond acceptors (Lipinski definition) is 2. The number of hydrogen-bond donors (Lipinski definition) is 2. The highest BCUT2D eigenvalue weighted by atomic mass is 16.4. The lowest BCUT2D eigenvalue weighted by atomic mass is 10.1. The van der Waals surface area contributed by atoms with Gasteiger partial charge in [0.25, 0.3) is 0 Å². The number of rotatable bonds is 5. The van der Waals surface area contributed by atoms with Crippen molar-refractivity contribution in [2.24, 2.45) is 0 Å². The number of nitrogens with zero attached hydrogens (tertiary/aromatic N) is 1. The van der Waals surface area contributed by atoms with E-state index in [0.29, 0.717) is 0 Å². The molecule has 0 spiro atoms. The van der Waals surface area contributed by atoms with Crippen molar-refractivity contribution in [3.8, 4) is 0 Å². The van der Waals surface area contributed by atoms with Gasteiger partial charge < -0.3 is 15.3 Å². The van der Waals surface area contributed by atoms with Crippen molar-refractivity contribution in [1.82, 2.24) is 10.2 Å². The molecule has 19 heavy (non-hydrogen) atoms. The summed E-state index contributed by atoms with van der Waals surface area (Å²) >= 11 is 0. The summed E-state index contributed by atoms with van der Waals surface area (Å²) in [5, 5.41) is 11.9. The van der Waals surface area contributed by atoms with Gasteiger partial charge in [-0.1, -0.05) is 32.6 Å². The van der Waals surface area contributed by atoms with Crippen LogP contribution in [0.2, 0.25) is 0 Å². The number of amides is 2. The largest absolute Gasteiger partial charge is 0.480 e. The number of nitrogens with one attached hydrogen (secondary N) is 1. The van der Waals surface area contributed by atoms with Crippen molar-refractivity contribution in [2.75, 3.05) is 6.54 Å². The van der Waals surface area contributed by atoms with Crippen molar-refractivity contribution >= 4 is 12.0 Å². The molecule has 5 heteroatoms. The average molecular weight is 270 g/mol. The molecule has 1 unspecified atom stereocenters. The monoisotopic (exact) mass is 270 g/mol. The minimum absolute atomic E-state index is 0.0538. The Bertz CT molecular complexity index is 299. The van der Waals surface area contributed by atoms with E-state index in [1.807, 2.05) is 13.8 Å². The minimum Gasteiger partial charge on any atom is -0.480 e. The van der Waals surface area contributed by atoms with E-state index in [2.05, 4.69) is 5.32 Å². The van der Waals surface area contributed by atoms with Crippen LogP contribution < -0.4 is 5.32 Å². The maximum absolute atomic E-state index is 12.2. The number of carbonyl (C=O) groups is 2. The van der Waals surface area contributed by atoms with Crippen molar-refractivity contribution in [1.29, 1.82) is 0 Å². The second-order valence-corrected chi connectivity index (χ2v) is 5.42. The van der Waals surface area contributed by atoms with E-state index in [1.54, 1.807) is 0 Å². The molecule has 0 aromatic heterocycles. The molecule has 1 atom stereocenters. The third-order valence-electron chi connectivity index (χ3n) is 3.87. The first-order valence-corrected chi connectivity index (χ1v) is 7.33. The lowest BCUT2D eigenvalue weighted by Crippen LogP contribution is -2.50. The average Bonchev–Trinajstić information content (AvgIpc) is 2.63. The molecular weight excluding hydrogens is 244 g/mol. The zero-order valence-corrected chi connectivity index (χ0v) is 12.0. The van der Waals surface area contributed by atoms with Crippen LogP contribution in [0, 0.1) is 0 Å². The van der Waals surface area contributed by atoms with E-state index in [1.165, 1.54) is 17.7 Å². The Morgan fingerprint density at radius 2 is 1.84 bits per heavy atom. The fourth-order valence-electron chi connectivity index (χ4n) is 2.48. The first-order valence-electron chi connectivity index (χ1n) is 7.33. The summed E-state index contributed by atoms with van der Waals surface area (Å²) in [5.74, 6) is -0.962. The van der Waals surface area contributed by atoms with Crippen molar-refractivity contribution in [3.63, 3.8) is 0 Å². The van der Waals surface area contributed by atoms with E-state index in [9.17, 15) is 9.59 Å². The predicted molar refractivity (Wildman–Crippen MR) is 74.1 cm³/mol. The van der Waals surface area contributed by atoms with Crippen LogP contribution in [0.1, 0.15) is 58.8 Å². The molecule has 1 saturated carbocycles. The Labute approximate surface area is 115 Å². The molecular formula is C14H26N2O3. The molecule has 0 aromatic rings. The van der Waals surface area contributed by atoms with E-state index in [-0.39, 0.29) is 24.7 Å². The number of carboxylic acids is 1. The van der Waals surface area contributed by atoms with Gasteiger partial charge in [-0.2, -0.15) is 0 Å². The summed E-state index contributed by atoms with van der Waals surface area (Å²) in [6, 6.07) is -0.0825. The normalized spacial score (nSPS) is 18.4. The molecule has 2 amide bonds. The highest BCUT2D eigenvalue weighted by Gasteiger charge is 2.24. The molecule has 5 nitrogen and oxygen atoms in total. The minimum atomic E-state index is -0.962. The van der Waals surface area contributed by atoms with Crippen LogP contribution in [0.3, 0.4) is 0 Å². The quantitative estimate of drug-likeness (QED) is 0.754. The van der Waals surface area contributed by atoms with Crippen LogP contribution in [0.25, 0.3) is 0 Å². The van der Waals surface area contributed by atoms with Crippen molar-refractivity contribution in [2.45, 2.75) is 70.9 Å². The molecule has 0 heterocycles. The van der Waals surface area contributed by atoms with Crippen LogP contribution in [0.4, 0.5) is 4.79 Å². The molecule has 2 N–H and O–H groups in total. The molecule has 1 rings (SSSR count). The van der Waals surface area contributed by atoms with Gasteiger partial charge in [0, 0.05) is 12.1 Å². The first-order chi connectivity index (χ1) is 9.04. The third-order valence-corrected chi connectivity index (χ3v) is 3.87. The second kappa shape index (κ2) is 8.02. The number of aliphatic carboxylic acids is 1. The standard InChI is InChI=1S/C14H26N2O3/c1-3-11(2)16(10-13(17)18)14(19)15-12-8-6-4-5-7-9-12/h11-12H,3-10H2,1-2H3,(H,15,19)(H,17,18). The van der Waals surface area contributed by atoms with E-state index >= 15 is 0 Å². The predicted octanol–water partition coefficient (Wildman–Crippen LogP) is 2.60. The Kier molecular flexibility index (Phi) is 6.67. The Morgan fingerprint density at radius 3 is 2.32 bits per heavy atom. The summed E-state index contributed by atoms with van der Waals surface area (Å²) < 4.78 is 0. The first kappa shape index (κ1) is 15.8. The van der Waals surface area contributed by atoms with Gasteiger partial charge in [-0.15, -0.1) is 0 Å². The summed E-state index contributed by atoms with van der Waals surface area (Å²) in [7, 11) is 0. The lowest BCUT2D eigenvalue weighted by molar-refractivity contribution is -0.138. The molecule has 0 aliphatic heterocycles. The second-order valence-electron chi connectivity index (χ2n) is 5.42. The van der Waals surface area contributed by atoms with Gasteiger partial charge in [0.05, 0.1) is 0 Å². The summed E-state index contributed by atoms with van der Waals surface area (Å²) in [6.45, 7) is 3.61. The Balaban J connectivity index is 2.56. The Morgan fingerprint density at radius 1 is 1.26 bits per heavy atom. The summed E-state index contributed by atoms with van der Waals surface area (Å²) in [5.41, 5.74) is 0. The third kappa shape index (κ3) is 5.49. The summed E-state index contributed by atoms with van der Waals surface area (Å²) in [4.78, 5) is 24.5. The molecule has 0 aromatic carbocycles. The zero-order valence-electron chi connectivity index (χ0n) is 12.0. The van der Waals surface area contributed by atoms with E-state index < -0.39 is 5.97 Å². The van der Waals surface area contributed by atoms with Crippen LogP contribution >= 0.6 is 0 Å². The maximum atomic E-state index is 12.2. The molecule has 0 bridgehead atoms. The van der Waals surface area contributed by atoms with Gasteiger partial charge in [-0.3, -0.25) is 4.79 Å². The van der Waals surface area contributed by atoms with Gasteiger partial charge in [-0.25, -0.2) is 4.79 Å². The number of urea groups is 1. The molecule has 0 radical (unpaired) electrons. The van der Waals surface area contributed by atoms with Gasteiger partial charge >= 0.3 is 12.0 Å². The fourth-order valence-corrected chi connectivity index (χ4v) is 2.48. The molecule has 1 aliphatic carbocycles. The van der Waals surface area contributed by atoms with Crippen LogP contribution in [-0.4, -0.2) is 40.6 Å². The summed E-state index contributed by atoms with van der Waals surface area (Å²) in [6.07, 6.45) is 7.53. The van der Waals surface area contributed by atoms with Crippen LogP contribution in [-0.2, 0) is 4.79 Å². The van der Waals surface area contributed by atoms with Gasteiger partial charge in [0.15, 0.2) is 0 Å². The number of carbonyl (C=O) groups excluding carboxylic acids is 1. The van der Waals surface area contributed by atoms with E-state index in [0.717, 1.165) is 32.1 Å². The maximum Gasteiger partial charge on any atom is 0.323 e. The topological polar surface area (TPSA) is 69.6 Å². The SMILES string of the molecule is CCC(C)N(CC(=O)O)C(=O)NC1CCCCCC1.